The topological polar surface area (TPSA) is 66.5 Å². The van der Waals surface area contributed by atoms with Crippen molar-refractivity contribution in [3.8, 4) is 0 Å². The molecule has 5 nitrogen and oxygen atoms in total. The lowest BCUT2D eigenvalue weighted by Gasteiger charge is -2.23. The van der Waals surface area contributed by atoms with Crippen LogP contribution in [0.3, 0.4) is 0 Å². The van der Waals surface area contributed by atoms with E-state index in [9.17, 15) is 13.2 Å². The number of anilines is 1. The molecule has 30 heavy (non-hydrogen) atoms. The van der Waals surface area contributed by atoms with E-state index in [0.29, 0.717) is 26.3 Å². The molecule has 0 aliphatic carbocycles. The van der Waals surface area contributed by atoms with E-state index < -0.39 is 22.5 Å². The van der Waals surface area contributed by atoms with E-state index in [0.717, 1.165) is 4.31 Å². The van der Waals surface area contributed by atoms with Crippen LogP contribution in [0.4, 0.5) is 5.69 Å². The Hall–Kier alpha value is -2.09. The highest BCUT2D eigenvalue weighted by Gasteiger charge is 2.28. The summed E-state index contributed by atoms with van der Waals surface area (Å²) in [7, 11) is -4.04. The van der Waals surface area contributed by atoms with Gasteiger partial charge in [-0.2, -0.15) is 4.31 Å². The second-order valence-electron chi connectivity index (χ2n) is 6.34. The maximum atomic E-state index is 13.3. The Balaban J connectivity index is 1.93. The van der Waals surface area contributed by atoms with Crippen LogP contribution in [0, 0.1) is 0 Å². The smallest absolute Gasteiger partial charge is 0.243 e. The van der Waals surface area contributed by atoms with Crippen molar-refractivity contribution in [2.45, 2.75) is 11.4 Å². The highest BCUT2D eigenvalue weighted by atomic mass is 35.5. The zero-order valence-corrected chi connectivity index (χ0v) is 18.6. The first-order valence-corrected chi connectivity index (χ1v) is 11.4. The molecule has 0 saturated carbocycles. The van der Waals surface area contributed by atoms with Gasteiger partial charge >= 0.3 is 0 Å². The van der Waals surface area contributed by atoms with Gasteiger partial charge < -0.3 is 5.32 Å². The van der Waals surface area contributed by atoms with E-state index in [-0.39, 0.29) is 11.4 Å². The van der Waals surface area contributed by atoms with Crippen molar-refractivity contribution in [3.63, 3.8) is 0 Å². The molecule has 0 unspecified atom stereocenters. The fourth-order valence-corrected chi connectivity index (χ4v) is 4.73. The molecule has 9 heteroatoms. The molecule has 0 spiro atoms. The van der Waals surface area contributed by atoms with Crippen molar-refractivity contribution in [2.24, 2.45) is 0 Å². The largest absolute Gasteiger partial charge is 0.325 e. The van der Waals surface area contributed by atoms with E-state index in [1.165, 1.54) is 24.3 Å². The monoisotopic (exact) mass is 482 g/mol. The van der Waals surface area contributed by atoms with Crippen LogP contribution < -0.4 is 5.32 Å². The van der Waals surface area contributed by atoms with Gasteiger partial charge in [-0.05, 0) is 48.5 Å². The molecule has 3 aromatic rings. The first kappa shape index (κ1) is 22.6. The Bertz CT molecular complexity index is 1120. The Morgan fingerprint density at radius 1 is 0.833 bits per heavy atom. The normalized spacial score (nSPS) is 11.5. The quantitative estimate of drug-likeness (QED) is 0.484. The molecular formula is C21H17Cl3N2O3S. The molecule has 1 amide bonds. The predicted molar refractivity (Wildman–Crippen MR) is 121 cm³/mol. The van der Waals surface area contributed by atoms with Crippen LogP contribution in [-0.4, -0.2) is 25.2 Å². The predicted octanol–water partition coefficient (Wildman–Crippen LogP) is 5.48. The summed E-state index contributed by atoms with van der Waals surface area (Å²) in [6, 6.07) is 19.4. The number of amides is 1. The van der Waals surface area contributed by atoms with E-state index >= 15 is 0 Å². The van der Waals surface area contributed by atoms with Crippen LogP contribution in [0.15, 0.2) is 77.7 Å². The van der Waals surface area contributed by atoms with Gasteiger partial charge in [-0.25, -0.2) is 8.42 Å². The summed E-state index contributed by atoms with van der Waals surface area (Å²) in [5, 5.41) is 3.70. The lowest BCUT2D eigenvalue weighted by atomic mass is 10.2. The van der Waals surface area contributed by atoms with Gasteiger partial charge in [0, 0.05) is 32.9 Å². The van der Waals surface area contributed by atoms with Crippen molar-refractivity contribution in [1.82, 2.24) is 4.31 Å². The lowest BCUT2D eigenvalue weighted by molar-refractivity contribution is -0.116. The molecule has 3 aromatic carbocycles. The maximum absolute atomic E-state index is 13.3. The molecule has 0 aliphatic rings. The van der Waals surface area contributed by atoms with Gasteiger partial charge in [0.05, 0.1) is 11.4 Å². The Morgan fingerprint density at radius 3 is 2.03 bits per heavy atom. The van der Waals surface area contributed by atoms with Crippen LogP contribution in [0.1, 0.15) is 5.56 Å². The minimum atomic E-state index is -4.04. The second kappa shape index (κ2) is 9.81. The second-order valence-corrected chi connectivity index (χ2v) is 9.53. The van der Waals surface area contributed by atoms with Gasteiger partial charge in [0.1, 0.15) is 0 Å². The zero-order chi connectivity index (χ0) is 21.7. The molecule has 0 atom stereocenters. The van der Waals surface area contributed by atoms with Crippen molar-refractivity contribution in [2.75, 3.05) is 11.9 Å². The molecular weight excluding hydrogens is 467 g/mol. The third-order valence-corrected chi connectivity index (χ3v) is 6.99. The SMILES string of the molecule is O=C(CN(Cc1c(Cl)cccc1Cl)S(=O)(=O)c1ccc(Cl)cc1)Nc1ccccc1. The number of benzene rings is 3. The highest BCUT2D eigenvalue weighted by Crippen LogP contribution is 2.28. The zero-order valence-electron chi connectivity index (χ0n) is 15.6. The molecule has 1 N–H and O–H groups in total. The van der Waals surface area contributed by atoms with E-state index in [4.69, 9.17) is 34.8 Å². The summed E-state index contributed by atoms with van der Waals surface area (Å²) in [6.07, 6.45) is 0. The van der Waals surface area contributed by atoms with Gasteiger partial charge in [0.2, 0.25) is 15.9 Å². The number of rotatable bonds is 7. The van der Waals surface area contributed by atoms with Crippen LogP contribution in [0.5, 0.6) is 0 Å². The highest BCUT2D eigenvalue weighted by molar-refractivity contribution is 7.89. The summed E-state index contributed by atoms with van der Waals surface area (Å²) in [5.74, 6) is -0.498. The van der Waals surface area contributed by atoms with Crippen LogP contribution in [0.2, 0.25) is 15.1 Å². The van der Waals surface area contributed by atoms with Crippen LogP contribution in [-0.2, 0) is 21.4 Å². The lowest BCUT2D eigenvalue weighted by Crippen LogP contribution is -2.37. The third kappa shape index (κ3) is 5.53. The number of sulfonamides is 1. The minimum Gasteiger partial charge on any atom is -0.325 e. The number of para-hydroxylation sites is 1. The van der Waals surface area contributed by atoms with E-state index in [1.54, 1.807) is 42.5 Å². The van der Waals surface area contributed by atoms with Gasteiger partial charge in [-0.15, -0.1) is 0 Å². The third-order valence-electron chi connectivity index (χ3n) is 4.23. The molecule has 0 radical (unpaired) electrons. The summed E-state index contributed by atoms with van der Waals surface area (Å²) < 4.78 is 27.6. The Kier molecular flexibility index (Phi) is 7.39. The van der Waals surface area contributed by atoms with Gasteiger partial charge in [0.25, 0.3) is 0 Å². The average molecular weight is 484 g/mol. The van der Waals surface area contributed by atoms with Crippen LogP contribution >= 0.6 is 34.8 Å². The van der Waals surface area contributed by atoms with Crippen LogP contribution in [0.25, 0.3) is 0 Å². The minimum absolute atomic E-state index is 0.00240. The summed E-state index contributed by atoms with van der Waals surface area (Å²) in [4.78, 5) is 12.6. The Morgan fingerprint density at radius 2 is 1.43 bits per heavy atom. The molecule has 0 aromatic heterocycles. The standard InChI is InChI=1S/C21H17Cl3N2O3S/c22-15-9-11-17(12-10-15)30(28,29)26(13-18-19(23)7-4-8-20(18)24)14-21(27)25-16-5-2-1-3-6-16/h1-12H,13-14H2,(H,25,27). The molecule has 3 rings (SSSR count). The van der Waals surface area contributed by atoms with E-state index in [2.05, 4.69) is 5.32 Å². The average Bonchev–Trinajstić information content (AvgIpc) is 2.71. The van der Waals surface area contributed by atoms with Gasteiger partial charge in [-0.1, -0.05) is 59.1 Å². The number of nitrogens with zero attached hydrogens (tertiary/aromatic N) is 1. The molecule has 0 fully saturated rings. The number of carbonyl (C=O) groups excluding carboxylic acids is 1. The number of hydrogen-bond donors (Lipinski definition) is 1. The summed E-state index contributed by atoms with van der Waals surface area (Å²) >= 11 is 18.3. The molecule has 156 valence electrons. The van der Waals surface area contributed by atoms with Crippen molar-refractivity contribution >= 4 is 56.4 Å². The summed E-state index contributed by atoms with van der Waals surface area (Å²) in [6.45, 7) is -0.604. The number of halogens is 3. The fourth-order valence-electron chi connectivity index (χ4n) is 2.72. The molecule has 0 heterocycles. The molecule has 0 bridgehead atoms. The summed E-state index contributed by atoms with van der Waals surface area (Å²) in [5.41, 5.74) is 0.966. The number of carbonyl (C=O) groups is 1. The first-order valence-electron chi connectivity index (χ1n) is 8.81. The van der Waals surface area contributed by atoms with Crippen molar-refractivity contribution in [1.29, 1.82) is 0 Å². The van der Waals surface area contributed by atoms with E-state index in [1.807, 2.05) is 6.07 Å². The van der Waals surface area contributed by atoms with Gasteiger partial charge in [0.15, 0.2) is 0 Å². The maximum Gasteiger partial charge on any atom is 0.243 e. The Labute approximate surface area is 190 Å². The molecule has 0 saturated heterocycles. The number of hydrogen-bond acceptors (Lipinski definition) is 3. The fraction of sp³-hybridized carbons (Fsp3) is 0.0952. The van der Waals surface area contributed by atoms with Crippen molar-refractivity contribution < 1.29 is 13.2 Å². The first-order chi connectivity index (χ1) is 14.3. The van der Waals surface area contributed by atoms with Gasteiger partial charge in [-0.3, -0.25) is 4.79 Å². The van der Waals surface area contributed by atoms with Crippen molar-refractivity contribution in [3.05, 3.63) is 93.4 Å². The number of nitrogens with one attached hydrogen (secondary N) is 1. The molecule has 0 aliphatic heterocycles.